The van der Waals surface area contributed by atoms with Gasteiger partial charge in [0.1, 0.15) is 6.04 Å². The number of hydrogen-bond donors (Lipinski definition) is 0. The van der Waals surface area contributed by atoms with E-state index in [0.717, 1.165) is 6.42 Å². The third kappa shape index (κ3) is 5.45. The lowest BCUT2D eigenvalue weighted by atomic mass is 10.1. The smallest absolute Gasteiger partial charge is 0.329 e. The summed E-state index contributed by atoms with van der Waals surface area (Å²) in [7, 11) is 0. The Balaban J connectivity index is 2.24. The monoisotopic (exact) mass is 394 g/mol. The number of hydrogen-bond acceptors (Lipinski definition) is 6. The Morgan fingerprint density at radius 2 is 1.85 bits per heavy atom. The summed E-state index contributed by atoms with van der Waals surface area (Å²) in [5, 5.41) is 10.7. The van der Waals surface area contributed by atoms with Gasteiger partial charge in [0, 0.05) is 23.4 Å². The molecule has 1 aromatic rings. The van der Waals surface area contributed by atoms with Gasteiger partial charge in [0.2, 0.25) is 0 Å². The van der Waals surface area contributed by atoms with Crippen molar-refractivity contribution >= 4 is 29.3 Å². The van der Waals surface area contributed by atoms with E-state index >= 15 is 0 Å². The van der Waals surface area contributed by atoms with E-state index in [1.165, 1.54) is 24.3 Å². The van der Waals surface area contributed by atoms with E-state index in [9.17, 15) is 19.7 Å². The molecule has 0 aliphatic carbocycles. The summed E-state index contributed by atoms with van der Waals surface area (Å²) in [6.07, 6.45) is 0.761. The lowest BCUT2D eigenvalue weighted by Gasteiger charge is -2.29. The van der Waals surface area contributed by atoms with Gasteiger partial charge in [-0.1, -0.05) is 27.7 Å². The lowest BCUT2D eigenvalue weighted by Crippen LogP contribution is -2.46. The predicted octanol–water partition coefficient (Wildman–Crippen LogP) is 3.72. The molecule has 1 aliphatic heterocycles. The van der Waals surface area contributed by atoms with Gasteiger partial charge in [-0.3, -0.25) is 14.9 Å². The number of carbonyl (C=O) groups is 2. The number of thioether (sulfide) groups is 1. The maximum Gasteiger partial charge on any atom is 0.329 e. The Labute approximate surface area is 163 Å². The molecule has 0 saturated carbocycles. The third-order valence-corrected chi connectivity index (χ3v) is 5.47. The van der Waals surface area contributed by atoms with Crippen LogP contribution in [0, 0.1) is 22.0 Å². The number of carbonyl (C=O) groups excluding carboxylic acids is 2. The SMILES string of the molecule is CC(C)COC(=O)C1CSC(CC(C)C)N1C(=O)c1ccc([N+](=O)[O-])cc1. The Hall–Kier alpha value is -2.09. The molecule has 0 N–H and O–H groups in total. The van der Waals surface area contributed by atoms with E-state index in [0.29, 0.717) is 23.8 Å². The minimum Gasteiger partial charge on any atom is -0.464 e. The predicted molar refractivity (Wildman–Crippen MR) is 105 cm³/mol. The van der Waals surface area contributed by atoms with E-state index in [2.05, 4.69) is 13.8 Å². The van der Waals surface area contributed by atoms with Crippen molar-refractivity contribution in [2.45, 2.75) is 45.5 Å². The molecule has 1 heterocycles. The van der Waals surface area contributed by atoms with Crippen LogP contribution in [0.25, 0.3) is 0 Å². The molecule has 1 saturated heterocycles. The summed E-state index contributed by atoms with van der Waals surface area (Å²) < 4.78 is 5.37. The van der Waals surface area contributed by atoms with Crippen LogP contribution >= 0.6 is 11.8 Å². The van der Waals surface area contributed by atoms with Crippen LogP contribution in [0.1, 0.15) is 44.5 Å². The number of rotatable bonds is 7. The Kier molecular flexibility index (Phi) is 7.24. The van der Waals surface area contributed by atoms with Crippen molar-refractivity contribution in [2.24, 2.45) is 11.8 Å². The second-order valence-electron chi connectivity index (χ2n) is 7.47. The zero-order valence-corrected chi connectivity index (χ0v) is 16.9. The van der Waals surface area contributed by atoms with Crippen LogP contribution in [-0.2, 0) is 9.53 Å². The van der Waals surface area contributed by atoms with E-state index in [1.54, 1.807) is 16.7 Å². The molecule has 2 atom stereocenters. The number of nitrogens with zero attached hydrogens (tertiary/aromatic N) is 2. The van der Waals surface area contributed by atoms with Gasteiger partial charge in [0.15, 0.2) is 0 Å². The largest absolute Gasteiger partial charge is 0.464 e. The van der Waals surface area contributed by atoms with Crippen molar-refractivity contribution in [3.63, 3.8) is 0 Å². The minimum absolute atomic E-state index is 0.0750. The topological polar surface area (TPSA) is 89.8 Å². The van der Waals surface area contributed by atoms with E-state index in [-0.39, 0.29) is 22.9 Å². The molecule has 1 amide bonds. The second-order valence-corrected chi connectivity index (χ2v) is 8.68. The highest BCUT2D eigenvalue weighted by Crippen LogP contribution is 2.35. The molecule has 1 fully saturated rings. The normalized spacial score (nSPS) is 19.6. The number of ether oxygens (including phenoxy) is 1. The van der Waals surface area contributed by atoms with Gasteiger partial charge in [-0.15, -0.1) is 11.8 Å². The van der Waals surface area contributed by atoms with Crippen LogP contribution in [0.2, 0.25) is 0 Å². The summed E-state index contributed by atoms with van der Waals surface area (Å²) in [5.41, 5.74) is 0.257. The number of non-ortho nitro benzene ring substituents is 1. The van der Waals surface area contributed by atoms with Crippen molar-refractivity contribution in [3.05, 3.63) is 39.9 Å². The van der Waals surface area contributed by atoms with Crippen LogP contribution in [0.15, 0.2) is 24.3 Å². The Morgan fingerprint density at radius 3 is 2.37 bits per heavy atom. The highest BCUT2D eigenvalue weighted by Gasteiger charge is 2.42. The molecular weight excluding hydrogens is 368 g/mol. The average Bonchev–Trinajstić information content (AvgIpc) is 3.01. The molecule has 148 valence electrons. The van der Waals surface area contributed by atoms with Gasteiger partial charge in [0.25, 0.3) is 11.6 Å². The number of amides is 1. The zero-order chi connectivity index (χ0) is 20.1. The maximum absolute atomic E-state index is 13.1. The van der Waals surface area contributed by atoms with Gasteiger partial charge < -0.3 is 9.64 Å². The molecule has 2 unspecified atom stereocenters. The van der Waals surface area contributed by atoms with Crippen LogP contribution in [-0.4, -0.2) is 45.5 Å². The number of nitro groups is 1. The zero-order valence-electron chi connectivity index (χ0n) is 16.1. The number of nitro benzene ring substituents is 1. The summed E-state index contributed by atoms with van der Waals surface area (Å²) in [6.45, 7) is 8.36. The van der Waals surface area contributed by atoms with Crippen molar-refractivity contribution in [1.29, 1.82) is 0 Å². The number of esters is 1. The summed E-state index contributed by atoms with van der Waals surface area (Å²) >= 11 is 1.58. The Bertz CT molecular complexity index is 690. The van der Waals surface area contributed by atoms with Crippen LogP contribution in [0.3, 0.4) is 0 Å². The fraction of sp³-hybridized carbons (Fsp3) is 0.579. The van der Waals surface area contributed by atoms with Crippen molar-refractivity contribution in [1.82, 2.24) is 4.90 Å². The molecule has 0 bridgehead atoms. The van der Waals surface area contributed by atoms with E-state index in [1.807, 2.05) is 13.8 Å². The van der Waals surface area contributed by atoms with Gasteiger partial charge in [-0.25, -0.2) is 4.79 Å². The maximum atomic E-state index is 13.1. The van der Waals surface area contributed by atoms with Crippen molar-refractivity contribution < 1.29 is 19.2 Å². The molecule has 27 heavy (non-hydrogen) atoms. The molecule has 0 radical (unpaired) electrons. The van der Waals surface area contributed by atoms with E-state index in [4.69, 9.17) is 4.74 Å². The highest BCUT2D eigenvalue weighted by atomic mass is 32.2. The summed E-state index contributed by atoms with van der Waals surface area (Å²) in [5.74, 6) is 0.380. The van der Waals surface area contributed by atoms with Gasteiger partial charge in [0.05, 0.1) is 16.9 Å². The first-order valence-corrected chi connectivity index (χ1v) is 10.1. The molecule has 7 nitrogen and oxygen atoms in total. The highest BCUT2D eigenvalue weighted by molar-refractivity contribution is 8.00. The average molecular weight is 394 g/mol. The molecule has 1 aliphatic rings. The van der Waals surface area contributed by atoms with Crippen LogP contribution in [0.4, 0.5) is 5.69 Å². The van der Waals surface area contributed by atoms with E-state index < -0.39 is 16.9 Å². The fourth-order valence-electron chi connectivity index (χ4n) is 2.82. The minimum atomic E-state index is -0.639. The van der Waals surface area contributed by atoms with Crippen molar-refractivity contribution in [3.8, 4) is 0 Å². The molecule has 0 aromatic heterocycles. The van der Waals surface area contributed by atoms with Crippen LogP contribution < -0.4 is 0 Å². The number of benzene rings is 1. The summed E-state index contributed by atoms with van der Waals surface area (Å²) in [6, 6.07) is 4.85. The van der Waals surface area contributed by atoms with Crippen molar-refractivity contribution in [2.75, 3.05) is 12.4 Å². The molecular formula is C19H26N2O5S. The molecule has 1 aromatic carbocycles. The lowest BCUT2D eigenvalue weighted by molar-refractivity contribution is -0.384. The first-order valence-electron chi connectivity index (χ1n) is 9.06. The van der Waals surface area contributed by atoms with Gasteiger partial charge in [-0.05, 0) is 30.4 Å². The third-order valence-electron chi connectivity index (χ3n) is 4.16. The Morgan fingerprint density at radius 1 is 1.22 bits per heavy atom. The molecule has 0 spiro atoms. The molecule has 2 rings (SSSR count). The van der Waals surface area contributed by atoms with Crippen LogP contribution in [0.5, 0.6) is 0 Å². The first kappa shape index (κ1) is 21.2. The molecule has 8 heteroatoms. The standard InChI is InChI=1S/C19H26N2O5S/c1-12(2)9-17-20(16(11-27-17)19(23)26-10-13(3)4)18(22)14-5-7-15(8-6-14)21(24)25/h5-8,12-13,16-17H,9-11H2,1-4H3. The second kappa shape index (κ2) is 9.21. The van der Waals surface area contributed by atoms with Gasteiger partial charge in [-0.2, -0.15) is 0 Å². The summed E-state index contributed by atoms with van der Waals surface area (Å²) in [4.78, 5) is 37.6. The fourth-order valence-corrected chi connectivity index (χ4v) is 4.45. The quantitative estimate of drug-likeness (QED) is 0.398. The van der Waals surface area contributed by atoms with Gasteiger partial charge >= 0.3 is 5.97 Å². The first-order chi connectivity index (χ1) is 12.7.